The normalized spacial score (nSPS) is 10.6. The molecule has 0 radical (unpaired) electrons. The van der Waals surface area contributed by atoms with Gasteiger partial charge >= 0.3 is 0 Å². The van der Waals surface area contributed by atoms with Crippen molar-refractivity contribution in [1.29, 1.82) is 0 Å². The molecule has 2 aromatic carbocycles. The number of hydrogen-bond donors (Lipinski definition) is 0. The van der Waals surface area contributed by atoms with Crippen molar-refractivity contribution in [3.05, 3.63) is 68.7 Å². The maximum atomic E-state index is 13.9. The zero-order valence-electron chi connectivity index (χ0n) is 10.4. The zero-order chi connectivity index (χ0) is 14.2. The van der Waals surface area contributed by atoms with Crippen molar-refractivity contribution in [2.45, 2.75) is 13.8 Å². The van der Waals surface area contributed by atoms with E-state index in [0.29, 0.717) is 0 Å². The van der Waals surface area contributed by atoms with Crippen molar-refractivity contribution in [3.63, 3.8) is 0 Å². The van der Waals surface area contributed by atoms with Crippen molar-refractivity contribution in [1.82, 2.24) is 0 Å². The second-order valence-electron chi connectivity index (χ2n) is 4.35. The van der Waals surface area contributed by atoms with Crippen LogP contribution in [0.1, 0.15) is 27.0 Å². The maximum absolute atomic E-state index is 13.9. The number of carbonyl (C=O) groups is 1. The standard InChI is InChI=1S/C15H11BrF2O/c1-8-3-4-10(7-9(8)2)15(19)13-12(17)6-5-11(16)14(13)18/h3-7H,1-2H3. The number of ketones is 1. The summed E-state index contributed by atoms with van der Waals surface area (Å²) in [4.78, 5) is 12.2. The Labute approximate surface area is 118 Å². The average molecular weight is 325 g/mol. The molecule has 1 nitrogen and oxygen atoms in total. The lowest BCUT2D eigenvalue weighted by Crippen LogP contribution is -2.08. The highest BCUT2D eigenvalue weighted by molar-refractivity contribution is 9.10. The van der Waals surface area contributed by atoms with Gasteiger partial charge < -0.3 is 0 Å². The molecule has 0 bridgehead atoms. The van der Waals surface area contributed by atoms with Gasteiger partial charge in [0.05, 0.1) is 10.0 Å². The molecule has 4 heteroatoms. The van der Waals surface area contributed by atoms with Crippen LogP contribution in [0.2, 0.25) is 0 Å². The van der Waals surface area contributed by atoms with Crippen molar-refractivity contribution in [2.75, 3.05) is 0 Å². The number of aryl methyl sites for hydroxylation is 2. The first-order chi connectivity index (χ1) is 8.91. The van der Waals surface area contributed by atoms with E-state index in [-0.39, 0.29) is 10.0 Å². The second kappa shape index (κ2) is 5.21. The van der Waals surface area contributed by atoms with E-state index in [1.165, 1.54) is 6.07 Å². The van der Waals surface area contributed by atoms with E-state index in [1.807, 2.05) is 13.8 Å². The fourth-order valence-corrected chi connectivity index (χ4v) is 2.09. The molecule has 2 rings (SSSR count). The van der Waals surface area contributed by atoms with E-state index >= 15 is 0 Å². The minimum Gasteiger partial charge on any atom is -0.288 e. The van der Waals surface area contributed by atoms with Crippen LogP contribution in [0.15, 0.2) is 34.8 Å². The van der Waals surface area contributed by atoms with E-state index in [2.05, 4.69) is 15.9 Å². The number of benzene rings is 2. The molecular formula is C15H11BrF2O. The van der Waals surface area contributed by atoms with Gasteiger partial charge in [0.2, 0.25) is 0 Å². The molecule has 0 unspecified atom stereocenters. The summed E-state index contributed by atoms with van der Waals surface area (Å²) in [6, 6.07) is 7.28. The van der Waals surface area contributed by atoms with Crippen LogP contribution >= 0.6 is 15.9 Å². The third kappa shape index (κ3) is 2.59. The summed E-state index contributed by atoms with van der Waals surface area (Å²) in [7, 11) is 0. The summed E-state index contributed by atoms with van der Waals surface area (Å²) >= 11 is 2.95. The molecule has 2 aromatic rings. The molecule has 0 spiro atoms. The quantitative estimate of drug-likeness (QED) is 0.584. The molecule has 0 aromatic heterocycles. The van der Waals surface area contributed by atoms with Crippen LogP contribution in [0.25, 0.3) is 0 Å². The summed E-state index contributed by atoms with van der Waals surface area (Å²) in [5.41, 5.74) is 1.67. The molecule has 0 aliphatic carbocycles. The average Bonchev–Trinajstić information content (AvgIpc) is 2.37. The summed E-state index contributed by atoms with van der Waals surface area (Å²) in [6.07, 6.45) is 0. The van der Waals surface area contributed by atoms with Crippen LogP contribution in [0.4, 0.5) is 8.78 Å². The lowest BCUT2D eigenvalue weighted by molar-refractivity contribution is 0.103. The summed E-state index contributed by atoms with van der Waals surface area (Å²) in [5.74, 6) is -2.38. The molecule has 0 saturated carbocycles. The predicted molar refractivity (Wildman–Crippen MR) is 73.4 cm³/mol. The third-order valence-corrected chi connectivity index (χ3v) is 3.65. The first kappa shape index (κ1) is 13.9. The van der Waals surface area contributed by atoms with Crippen LogP contribution in [0.3, 0.4) is 0 Å². The second-order valence-corrected chi connectivity index (χ2v) is 5.20. The molecule has 0 aliphatic rings. The Hall–Kier alpha value is -1.55. The van der Waals surface area contributed by atoms with Gasteiger partial charge in [-0.25, -0.2) is 8.78 Å². The fraction of sp³-hybridized carbons (Fsp3) is 0.133. The van der Waals surface area contributed by atoms with Gasteiger partial charge in [-0.05, 0) is 59.1 Å². The smallest absolute Gasteiger partial charge is 0.198 e. The minimum atomic E-state index is -0.872. The number of halogens is 3. The Morgan fingerprint density at radius 1 is 1.05 bits per heavy atom. The SMILES string of the molecule is Cc1ccc(C(=O)c2c(F)ccc(Br)c2F)cc1C. The molecule has 0 atom stereocenters. The number of hydrogen-bond acceptors (Lipinski definition) is 1. The van der Waals surface area contributed by atoms with Crippen LogP contribution in [-0.2, 0) is 0 Å². The molecule has 0 aliphatic heterocycles. The zero-order valence-corrected chi connectivity index (χ0v) is 12.0. The van der Waals surface area contributed by atoms with Gasteiger partial charge in [-0.3, -0.25) is 4.79 Å². The Bertz CT molecular complexity index is 665. The van der Waals surface area contributed by atoms with E-state index < -0.39 is 23.0 Å². The highest BCUT2D eigenvalue weighted by Crippen LogP contribution is 2.24. The summed E-state index contributed by atoms with van der Waals surface area (Å²) in [6.45, 7) is 3.75. The Morgan fingerprint density at radius 2 is 1.74 bits per heavy atom. The van der Waals surface area contributed by atoms with Gasteiger partial charge in [-0.15, -0.1) is 0 Å². The van der Waals surface area contributed by atoms with Crippen LogP contribution in [0.5, 0.6) is 0 Å². The monoisotopic (exact) mass is 324 g/mol. The van der Waals surface area contributed by atoms with Crippen molar-refractivity contribution in [3.8, 4) is 0 Å². The predicted octanol–water partition coefficient (Wildman–Crippen LogP) is 4.58. The van der Waals surface area contributed by atoms with E-state index in [1.54, 1.807) is 18.2 Å². The van der Waals surface area contributed by atoms with Gasteiger partial charge in [-0.1, -0.05) is 12.1 Å². The molecular weight excluding hydrogens is 314 g/mol. The van der Waals surface area contributed by atoms with E-state index in [4.69, 9.17) is 0 Å². The number of rotatable bonds is 2. The van der Waals surface area contributed by atoms with Crippen LogP contribution in [0, 0.1) is 25.5 Å². The fourth-order valence-electron chi connectivity index (χ4n) is 1.76. The largest absolute Gasteiger partial charge is 0.288 e. The van der Waals surface area contributed by atoms with Crippen LogP contribution in [-0.4, -0.2) is 5.78 Å². The Balaban J connectivity index is 2.56. The topological polar surface area (TPSA) is 17.1 Å². The lowest BCUT2D eigenvalue weighted by Gasteiger charge is -2.07. The summed E-state index contributed by atoms with van der Waals surface area (Å²) in [5, 5.41) is 0. The van der Waals surface area contributed by atoms with Gasteiger partial charge in [0.15, 0.2) is 11.6 Å². The molecule has 0 heterocycles. The minimum absolute atomic E-state index is 0.0704. The van der Waals surface area contributed by atoms with Crippen LogP contribution < -0.4 is 0 Å². The van der Waals surface area contributed by atoms with Crippen molar-refractivity contribution < 1.29 is 13.6 Å². The highest BCUT2D eigenvalue weighted by atomic mass is 79.9. The molecule has 0 saturated heterocycles. The first-order valence-corrected chi connectivity index (χ1v) is 6.46. The summed E-state index contributed by atoms with van der Waals surface area (Å²) < 4.78 is 27.6. The van der Waals surface area contributed by atoms with Gasteiger partial charge in [0, 0.05) is 5.56 Å². The van der Waals surface area contributed by atoms with E-state index in [0.717, 1.165) is 17.2 Å². The van der Waals surface area contributed by atoms with Crippen molar-refractivity contribution in [2.24, 2.45) is 0 Å². The van der Waals surface area contributed by atoms with Gasteiger partial charge in [0.25, 0.3) is 0 Å². The van der Waals surface area contributed by atoms with Crippen molar-refractivity contribution >= 4 is 21.7 Å². The first-order valence-electron chi connectivity index (χ1n) is 5.67. The van der Waals surface area contributed by atoms with Gasteiger partial charge in [-0.2, -0.15) is 0 Å². The lowest BCUT2D eigenvalue weighted by atomic mass is 9.98. The highest BCUT2D eigenvalue weighted by Gasteiger charge is 2.21. The Kier molecular flexibility index (Phi) is 3.80. The molecule has 98 valence electrons. The number of carbonyl (C=O) groups excluding carboxylic acids is 1. The Morgan fingerprint density at radius 3 is 2.37 bits per heavy atom. The molecule has 0 N–H and O–H groups in total. The van der Waals surface area contributed by atoms with E-state index in [9.17, 15) is 13.6 Å². The molecule has 19 heavy (non-hydrogen) atoms. The molecule has 0 fully saturated rings. The van der Waals surface area contributed by atoms with Gasteiger partial charge in [0.1, 0.15) is 5.82 Å². The maximum Gasteiger partial charge on any atom is 0.198 e. The third-order valence-electron chi connectivity index (χ3n) is 3.04. The molecule has 0 amide bonds.